The van der Waals surface area contributed by atoms with Gasteiger partial charge in [-0.3, -0.25) is 9.78 Å². The fourth-order valence-corrected chi connectivity index (χ4v) is 3.87. The summed E-state index contributed by atoms with van der Waals surface area (Å²) in [5.74, 6) is 0.626. The quantitative estimate of drug-likeness (QED) is 0.292. The molecule has 0 N–H and O–H groups in total. The molecule has 4 heteroatoms. The zero-order valence-corrected chi connectivity index (χ0v) is 19.2. The molecule has 168 valence electrons. The molecule has 0 aliphatic rings. The number of methoxy groups -OCH3 is 1. The summed E-state index contributed by atoms with van der Waals surface area (Å²) in [5.41, 5.74) is 5.45. The van der Waals surface area contributed by atoms with E-state index in [1.165, 1.54) is 23.4 Å². The van der Waals surface area contributed by atoms with Gasteiger partial charge in [-0.25, -0.2) is 0 Å². The van der Waals surface area contributed by atoms with Gasteiger partial charge in [-0.1, -0.05) is 55.5 Å². The average molecular weight is 440 g/mol. The second-order valence-corrected chi connectivity index (χ2v) is 8.08. The molecule has 0 atom stereocenters. The average Bonchev–Trinajstić information content (AvgIpc) is 2.87. The summed E-state index contributed by atoms with van der Waals surface area (Å²) in [6.45, 7) is 2.67. The van der Waals surface area contributed by atoms with E-state index in [4.69, 9.17) is 9.47 Å². The maximum atomic E-state index is 11.6. The van der Waals surface area contributed by atoms with Crippen LogP contribution in [0.3, 0.4) is 0 Å². The van der Waals surface area contributed by atoms with Gasteiger partial charge in [-0.15, -0.1) is 0 Å². The molecule has 4 aromatic rings. The van der Waals surface area contributed by atoms with Gasteiger partial charge < -0.3 is 9.47 Å². The van der Waals surface area contributed by atoms with E-state index in [1.54, 1.807) is 0 Å². The van der Waals surface area contributed by atoms with Crippen molar-refractivity contribution in [3.05, 3.63) is 95.8 Å². The first kappa shape index (κ1) is 22.5. The number of benzene rings is 3. The molecule has 4 nitrogen and oxygen atoms in total. The Balaban J connectivity index is 1.58. The van der Waals surface area contributed by atoms with Crippen molar-refractivity contribution in [2.24, 2.45) is 0 Å². The highest BCUT2D eigenvalue weighted by atomic mass is 16.5. The molecule has 0 saturated carbocycles. The zero-order valence-electron chi connectivity index (χ0n) is 19.2. The SMILES string of the molecule is CCc1ccc(CCOc2ccc(CCC(=O)OC)cc2-c2ccc3ccccc3c2)nc1. The summed E-state index contributed by atoms with van der Waals surface area (Å²) in [4.78, 5) is 16.2. The predicted octanol–water partition coefficient (Wildman–Crippen LogP) is 6.19. The number of rotatable bonds is 9. The third-order valence-corrected chi connectivity index (χ3v) is 5.86. The van der Waals surface area contributed by atoms with Crippen LogP contribution in [0.2, 0.25) is 0 Å². The summed E-state index contributed by atoms with van der Waals surface area (Å²) >= 11 is 0. The van der Waals surface area contributed by atoms with E-state index in [0.29, 0.717) is 19.4 Å². The molecule has 0 amide bonds. The van der Waals surface area contributed by atoms with E-state index in [9.17, 15) is 4.79 Å². The number of fused-ring (bicyclic) bond motifs is 1. The minimum absolute atomic E-state index is 0.204. The minimum atomic E-state index is -0.204. The summed E-state index contributed by atoms with van der Waals surface area (Å²) in [5, 5.41) is 2.38. The molecular weight excluding hydrogens is 410 g/mol. The summed E-state index contributed by atoms with van der Waals surface area (Å²) in [6, 6.07) is 25.1. The van der Waals surface area contributed by atoms with Crippen molar-refractivity contribution in [2.45, 2.75) is 32.6 Å². The van der Waals surface area contributed by atoms with Gasteiger partial charge >= 0.3 is 5.97 Å². The Morgan fingerprint density at radius 1 is 0.879 bits per heavy atom. The number of aryl methyl sites for hydroxylation is 2. The van der Waals surface area contributed by atoms with Gasteiger partial charge in [-0.2, -0.15) is 0 Å². The lowest BCUT2D eigenvalue weighted by Crippen LogP contribution is -2.05. The fourth-order valence-electron chi connectivity index (χ4n) is 3.87. The van der Waals surface area contributed by atoms with Crippen molar-refractivity contribution in [1.29, 1.82) is 0 Å². The second kappa shape index (κ2) is 10.8. The minimum Gasteiger partial charge on any atom is -0.493 e. The maximum absolute atomic E-state index is 11.6. The van der Waals surface area contributed by atoms with Crippen LogP contribution in [-0.4, -0.2) is 24.7 Å². The summed E-state index contributed by atoms with van der Waals surface area (Å²) in [6.07, 6.45) is 4.65. The third kappa shape index (κ3) is 5.78. The van der Waals surface area contributed by atoms with Crippen LogP contribution in [-0.2, 0) is 28.8 Å². The molecule has 0 bridgehead atoms. The first-order chi connectivity index (χ1) is 16.2. The smallest absolute Gasteiger partial charge is 0.305 e. The number of carbonyl (C=O) groups excluding carboxylic acids is 1. The number of carbonyl (C=O) groups is 1. The van der Waals surface area contributed by atoms with Crippen LogP contribution < -0.4 is 4.74 Å². The molecule has 0 unspecified atom stereocenters. The monoisotopic (exact) mass is 439 g/mol. The number of nitrogens with zero attached hydrogens (tertiary/aromatic N) is 1. The predicted molar refractivity (Wildman–Crippen MR) is 133 cm³/mol. The van der Waals surface area contributed by atoms with E-state index >= 15 is 0 Å². The van der Waals surface area contributed by atoms with Crippen LogP contribution in [0.25, 0.3) is 21.9 Å². The maximum Gasteiger partial charge on any atom is 0.305 e. The number of hydrogen-bond acceptors (Lipinski definition) is 4. The van der Waals surface area contributed by atoms with Crippen molar-refractivity contribution in [2.75, 3.05) is 13.7 Å². The summed E-state index contributed by atoms with van der Waals surface area (Å²) in [7, 11) is 1.42. The molecular formula is C29H29NO3. The Hall–Kier alpha value is -3.66. The van der Waals surface area contributed by atoms with E-state index in [2.05, 4.69) is 60.4 Å². The van der Waals surface area contributed by atoms with Crippen LogP contribution in [0, 0.1) is 0 Å². The second-order valence-electron chi connectivity index (χ2n) is 8.08. The molecule has 0 aliphatic heterocycles. The molecule has 0 saturated heterocycles. The highest BCUT2D eigenvalue weighted by Crippen LogP contribution is 2.33. The van der Waals surface area contributed by atoms with Crippen LogP contribution in [0.4, 0.5) is 0 Å². The molecule has 0 radical (unpaired) electrons. The Bertz CT molecular complexity index is 1230. The lowest BCUT2D eigenvalue weighted by Gasteiger charge is -2.14. The fraction of sp³-hybridized carbons (Fsp3) is 0.241. The Morgan fingerprint density at radius 3 is 2.45 bits per heavy atom. The Labute approximate surface area is 195 Å². The van der Waals surface area contributed by atoms with E-state index < -0.39 is 0 Å². The van der Waals surface area contributed by atoms with Gasteiger partial charge in [0.25, 0.3) is 0 Å². The van der Waals surface area contributed by atoms with Gasteiger partial charge in [0.1, 0.15) is 5.75 Å². The zero-order chi connectivity index (χ0) is 23.0. The largest absolute Gasteiger partial charge is 0.493 e. The van der Waals surface area contributed by atoms with Crippen molar-refractivity contribution in [1.82, 2.24) is 4.98 Å². The molecule has 0 aliphatic carbocycles. The Kier molecular flexibility index (Phi) is 7.36. The van der Waals surface area contributed by atoms with Crippen LogP contribution in [0.5, 0.6) is 5.75 Å². The number of hydrogen-bond donors (Lipinski definition) is 0. The standard InChI is InChI=1S/C29H29NO3/c1-3-21-8-13-26(30-20-21)16-17-33-28-14-9-22(10-15-29(31)32-2)18-27(28)25-12-11-23-6-4-5-7-24(23)19-25/h4-9,11-14,18-20H,3,10,15-17H2,1-2H3. The van der Waals surface area contributed by atoms with E-state index in [-0.39, 0.29) is 5.97 Å². The van der Waals surface area contributed by atoms with E-state index in [0.717, 1.165) is 41.0 Å². The van der Waals surface area contributed by atoms with Gasteiger partial charge in [0.2, 0.25) is 0 Å². The molecule has 0 fully saturated rings. The normalized spacial score (nSPS) is 10.8. The third-order valence-electron chi connectivity index (χ3n) is 5.86. The molecule has 1 aromatic heterocycles. The number of esters is 1. The van der Waals surface area contributed by atoms with Crippen molar-refractivity contribution >= 4 is 16.7 Å². The van der Waals surface area contributed by atoms with Crippen molar-refractivity contribution in [3.63, 3.8) is 0 Å². The number of pyridine rings is 1. The molecule has 4 rings (SSSR count). The highest BCUT2D eigenvalue weighted by molar-refractivity contribution is 5.88. The first-order valence-electron chi connectivity index (χ1n) is 11.4. The first-order valence-corrected chi connectivity index (χ1v) is 11.4. The van der Waals surface area contributed by atoms with E-state index in [1.807, 2.05) is 30.5 Å². The molecule has 0 spiro atoms. The number of ether oxygens (including phenoxy) is 2. The lowest BCUT2D eigenvalue weighted by atomic mass is 9.97. The highest BCUT2D eigenvalue weighted by Gasteiger charge is 2.11. The van der Waals surface area contributed by atoms with Crippen LogP contribution in [0.15, 0.2) is 79.0 Å². The molecule has 3 aromatic carbocycles. The van der Waals surface area contributed by atoms with Crippen LogP contribution in [0.1, 0.15) is 30.2 Å². The van der Waals surface area contributed by atoms with Crippen LogP contribution >= 0.6 is 0 Å². The van der Waals surface area contributed by atoms with Crippen molar-refractivity contribution < 1.29 is 14.3 Å². The summed E-state index contributed by atoms with van der Waals surface area (Å²) < 4.78 is 11.0. The Morgan fingerprint density at radius 2 is 1.70 bits per heavy atom. The van der Waals surface area contributed by atoms with Crippen molar-refractivity contribution in [3.8, 4) is 16.9 Å². The van der Waals surface area contributed by atoms with Gasteiger partial charge in [0.15, 0.2) is 0 Å². The lowest BCUT2D eigenvalue weighted by molar-refractivity contribution is -0.140. The van der Waals surface area contributed by atoms with Gasteiger partial charge in [0, 0.05) is 30.3 Å². The molecule has 33 heavy (non-hydrogen) atoms. The van der Waals surface area contributed by atoms with Gasteiger partial charge in [-0.05, 0) is 64.6 Å². The van der Waals surface area contributed by atoms with Gasteiger partial charge in [0.05, 0.1) is 13.7 Å². The number of aromatic nitrogens is 1. The molecule has 1 heterocycles. The topological polar surface area (TPSA) is 48.4 Å².